The highest BCUT2D eigenvalue weighted by Gasteiger charge is 2.79. The Balaban J connectivity index is 1.56. The predicted molar refractivity (Wildman–Crippen MR) is 120 cm³/mol. The molecular weight excluding hydrogens is 402 g/mol. The molecule has 2 aromatic rings. The minimum Gasteiger partial charge on any atom is -0.315 e. The summed E-state index contributed by atoms with van der Waals surface area (Å²) >= 11 is 0. The molecule has 6 heteroatoms. The molecule has 5 atom stereocenters. The number of hydrogen-bond acceptors (Lipinski definition) is 3. The maximum atomic E-state index is 14.1. The number of nitrogens with one attached hydrogen (secondary N) is 1. The number of carbonyl (C=O) groups is 3. The summed E-state index contributed by atoms with van der Waals surface area (Å²) in [5.41, 5.74) is 3.60. The predicted octanol–water partition coefficient (Wildman–Crippen LogP) is 1.73. The second-order valence-electron chi connectivity index (χ2n) is 9.68. The standard InChI is InChI=1S/C26H27N3O3/c1-4-27-19-9-6-5-8-18(19)26(25(27)32)22-21(20-10-7-13-28(20)26)23(30)29(24(22)31)17-12-11-15(2)16(3)14-17/h5-6,8-9,11-12,14,20-22H,4,7,10,13H2,1-3H3/p+1/t20-,21+,22-,26+/m0/s1. The molecule has 2 aromatic carbocycles. The number of fused-ring (bicyclic) bond motifs is 7. The van der Waals surface area contributed by atoms with Crippen LogP contribution in [0.2, 0.25) is 0 Å². The van der Waals surface area contributed by atoms with Crippen molar-refractivity contribution in [2.24, 2.45) is 11.8 Å². The summed E-state index contributed by atoms with van der Waals surface area (Å²) < 4.78 is 0. The summed E-state index contributed by atoms with van der Waals surface area (Å²) in [6, 6.07) is 13.6. The van der Waals surface area contributed by atoms with Crippen LogP contribution in [0.4, 0.5) is 11.4 Å². The summed E-state index contributed by atoms with van der Waals surface area (Å²) in [5.74, 6) is -1.47. The van der Waals surface area contributed by atoms with E-state index in [0.29, 0.717) is 12.2 Å². The van der Waals surface area contributed by atoms with Crippen molar-refractivity contribution in [3.63, 3.8) is 0 Å². The normalized spacial score (nSPS) is 32.8. The van der Waals surface area contributed by atoms with Crippen molar-refractivity contribution >= 4 is 29.1 Å². The second-order valence-corrected chi connectivity index (χ2v) is 9.68. The summed E-state index contributed by atoms with van der Waals surface area (Å²) in [6.45, 7) is 7.35. The Hall–Kier alpha value is -2.99. The van der Waals surface area contributed by atoms with E-state index in [1.807, 2.05) is 68.1 Å². The first-order chi connectivity index (χ1) is 15.4. The first-order valence-electron chi connectivity index (χ1n) is 11.7. The molecule has 6 rings (SSSR count). The second kappa shape index (κ2) is 6.51. The monoisotopic (exact) mass is 430 g/mol. The van der Waals surface area contributed by atoms with E-state index in [1.165, 1.54) is 4.90 Å². The zero-order valence-corrected chi connectivity index (χ0v) is 18.7. The van der Waals surface area contributed by atoms with Crippen LogP contribution in [0.15, 0.2) is 42.5 Å². The number of hydrogen-bond donors (Lipinski definition) is 1. The summed E-state index contributed by atoms with van der Waals surface area (Å²) in [4.78, 5) is 46.3. The van der Waals surface area contributed by atoms with Crippen LogP contribution < -0.4 is 14.7 Å². The number of quaternary nitrogens is 1. The molecule has 0 bridgehead atoms. The number of amides is 3. The van der Waals surface area contributed by atoms with Crippen molar-refractivity contribution in [1.82, 2.24) is 0 Å². The minimum absolute atomic E-state index is 0.00167. The average Bonchev–Trinajstić information content (AvgIpc) is 3.48. The number of anilines is 2. The molecule has 4 aliphatic heterocycles. The first-order valence-corrected chi connectivity index (χ1v) is 11.7. The van der Waals surface area contributed by atoms with Crippen LogP contribution in [0.1, 0.15) is 36.5 Å². The van der Waals surface area contributed by atoms with Crippen LogP contribution >= 0.6 is 0 Å². The number of nitrogens with zero attached hydrogens (tertiary/aromatic N) is 2. The highest BCUT2D eigenvalue weighted by atomic mass is 16.2. The molecule has 3 fully saturated rings. The van der Waals surface area contributed by atoms with Crippen LogP contribution in [0, 0.1) is 25.7 Å². The number of carbonyl (C=O) groups excluding carboxylic acids is 3. The topological polar surface area (TPSA) is 62.1 Å². The lowest BCUT2D eigenvalue weighted by Crippen LogP contribution is -3.20. The van der Waals surface area contributed by atoms with Gasteiger partial charge in [0.15, 0.2) is 0 Å². The summed E-state index contributed by atoms with van der Waals surface area (Å²) in [7, 11) is 0. The smallest absolute Gasteiger partial charge is 0.294 e. The molecule has 32 heavy (non-hydrogen) atoms. The quantitative estimate of drug-likeness (QED) is 0.739. The molecule has 3 amide bonds. The van der Waals surface area contributed by atoms with Crippen molar-refractivity contribution in [3.8, 4) is 0 Å². The molecule has 1 spiro atoms. The van der Waals surface area contributed by atoms with E-state index in [4.69, 9.17) is 0 Å². The molecule has 6 nitrogen and oxygen atoms in total. The van der Waals surface area contributed by atoms with E-state index in [2.05, 4.69) is 0 Å². The molecule has 0 aromatic heterocycles. The van der Waals surface area contributed by atoms with Crippen LogP contribution in [0.5, 0.6) is 0 Å². The largest absolute Gasteiger partial charge is 0.315 e. The molecule has 1 N–H and O–H groups in total. The van der Waals surface area contributed by atoms with Gasteiger partial charge in [-0.15, -0.1) is 0 Å². The molecule has 4 aliphatic rings. The van der Waals surface area contributed by atoms with Gasteiger partial charge in [-0.05, 0) is 50.1 Å². The molecule has 1 unspecified atom stereocenters. The van der Waals surface area contributed by atoms with E-state index >= 15 is 0 Å². The first kappa shape index (κ1) is 19.7. The number of benzene rings is 2. The van der Waals surface area contributed by atoms with Gasteiger partial charge in [-0.3, -0.25) is 14.4 Å². The molecule has 0 aliphatic carbocycles. The van der Waals surface area contributed by atoms with E-state index in [0.717, 1.165) is 46.7 Å². The van der Waals surface area contributed by atoms with Crippen molar-refractivity contribution < 1.29 is 19.3 Å². The summed E-state index contributed by atoms with van der Waals surface area (Å²) in [5, 5.41) is 0. The fourth-order valence-electron chi connectivity index (χ4n) is 7.03. The van der Waals surface area contributed by atoms with E-state index in [1.54, 1.807) is 0 Å². The van der Waals surface area contributed by atoms with Crippen LogP contribution in [0.3, 0.4) is 0 Å². The van der Waals surface area contributed by atoms with Gasteiger partial charge in [0, 0.05) is 24.9 Å². The third-order valence-electron chi connectivity index (χ3n) is 8.43. The van der Waals surface area contributed by atoms with E-state index in [-0.39, 0.29) is 23.8 Å². The Morgan fingerprint density at radius 2 is 1.81 bits per heavy atom. The highest BCUT2D eigenvalue weighted by Crippen LogP contribution is 2.53. The maximum Gasteiger partial charge on any atom is 0.294 e. The van der Waals surface area contributed by atoms with Crippen LogP contribution in [-0.2, 0) is 19.9 Å². The Bertz CT molecular complexity index is 1190. The third-order valence-corrected chi connectivity index (χ3v) is 8.43. The van der Waals surface area contributed by atoms with E-state index < -0.39 is 17.4 Å². The number of imide groups is 1. The average molecular weight is 431 g/mol. The van der Waals surface area contributed by atoms with Gasteiger partial charge in [-0.1, -0.05) is 24.3 Å². The van der Waals surface area contributed by atoms with Gasteiger partial charge in [-0.2, -0.15) is 0 Å². The Morgan fingerprint density at radius 1 is 1.03 bits per heavy atom. The van der Waals surface area contributed by atoms with Crippen LogP contribution in [-0.4, -0.2) is 36.9 Å². The number of rotatable bonds is 2. The van der Waals surface area contributed by atoms with Crippen molar-refractivity contribution in [2.75, 3.05) is 22.9 Å². The molecule has 164 valence electrons. The fraction of sp³-hybridized carbons (Fsp3) is 0.423. The van der Waals surface area contributed by atoms with Crippen molar-refractivity contribution in [1.29, 1.82) is 0 Å². The van der Waals surface area contributed by atoms with E-state index in [9.17, 15) is 14.4 Å². The lowest BCUT2D eigenvalue weighted by molar-refractivity contribution is -0.948. The summed E-state index contributed by atoms with van der Waals surface area (Å²) in [6.07, 6.45) is 1.84. The Kier molecular flexibility index (Phi) is 4.01. The molecular formula is C26H28N3O3+. The third kappa shape index (κ3) is 2.11. The molecule has 4 heterocycles. The SMILES string of the molecule is CCN1C(=O)[C@@]2(c3ccccc31)[C@@H]1C(=O)N(c3ccc(C)c(C)c3)C(=O)[C@@H]1[C@@H]1CCC[NH+]12. The fourth-order valence-corrected chi connectivity index (χ4v) is 7.03. The highest BCUT2D eigenvalue weighted by molar-refractivity contribution is 6.25. The minimum atomic E-state index is -1.00. The van der Waals surface area contributed by atoms with Gasteiger partial charge in [-0.25, -0.2) is 4.90 Å². The zero-order valence-electron chi connectivity index (χ0n) is 18.7. The Morgan fingerprint density at radius 3 is 2.56 bits per heavy atom. The van der Waals surface area contributed by atoms with Gasteiger partial charge in [0.05, 0.1) is 17.9 Å². The van der Waals surface area contributed by atoms with Gasteiger partial charge in [0.1, 0.15) is 17.9 Å². The van der Waals surface area contributed by atoms with Crippen molar-refractivity contribution in [2.45, 2.75) is 45.2 Å². The van der Waals surface area contributed by atoms with Gasteiger partial charge >= 0.3 is 0 Å². The lowest BCUT2D eigenvalue weighted by Gasteiger charge is -2.34. The molecule has 3 saturated heterocycles. The molecule has 0 saturated carbocycles. The van der Waals surface area contributed by atoms with Gasteiger partial charge in [0.25, 0.3) is 5.91 Å². The zero-order chi connectivity index (χ0) is 22.4. The number of para-hydroxylation sites is 1. The van der Waals surface area contributed by atoms with Gasteiger partial charge in [0.2, 0.25) is 17.4 Å². The van der Waals surface area contributed by atoms with Gasteiger partial charge < -0.3 is 9.80 Å². The molecule has 0 radical (unpaired) electrons. The van der Waals surface area contributed by atoms with Crippen LogP contribution in [0.25, 0.3) is 0 Å². The Labute approximate surface area is 187 Å². The van der Waals surface area contributed by atoms with Crippen molar-refractivity contribution in [3.05, 3.63) is 59.2 Å². The maximum absolute atomic E-state index is 14.1. The number of likely N-dealkylation sites (N-methyl/N-ethyl adjacent to an activating group) is 1. The lowest BCUT2D eigenvalue weighted by atomic mass is 9.75. The number of aryl methyl sites for hydroxylation is 2.